The second kappa shape index (κ2) is 6.63. The fourth-order valence-electron chi connectivity index (χ4n) is 2.59. The molecule has 0 aromatic heterocycles. The van der Waals surface area contributed by atoms with Crippen LogP contribution in [-0.2, 0) is 0 Å². The Bertz CT molecular complexity index is 389. The fourth-order valence-corrected chi connectivity index (χ4v) is 4.01. The Morgan fingerprint density at radius 1 is 1.22 bits per heavy atom. The lowest BCUT2D eigenvalue weighted by molar-refractivity contribution is 0.531. The summed E-state index contributed by atoms with van der Waals surface area (Å²) in [6, 6.07) is 7.59. The number of thioether (sulfide) groups is 1. The van der Waals surface area contributed by atoms with E-state index in [2.05, 4.69) is 56.0 Å². The van der Waals surface area contributed by atoms with Gasteiger partial charge in [-0.3, -0.25) is 0 Å². The Kier molecular flexibility index (Phi) is 5.13. The van der Waals surface area contributed by atoms with Crippen LogP contribution in [0.15, 0.2) is 23.1 Å². The third-order valence-corrected chi connectivity index (χ3v) is 5.27. The van der Waals surface area contributed by atoms with Crippen LogP contribution in [0.2, 0.25) is 0 Å². The maximum atomic E-state index is 3.71. The van der Waals surface area contributed by atoms with Gasteiger partial charge in [-0.05, 0) is 62.9 Å². The smallest absolute Gasteiger partial charge is 0.0248 e. The summed E-state index contributed by atoms with van der Waals surface area (Å²) in [7, 11) is 0. The number of rotatable bonds is 5. The fraction of sp³-hybridized carbons (Fsp3) is 0.625. The molecule has 2 unspecified atom stereocenters. The maximum absolute atomic E-state index is 3.71. The minimum atomic E-state index is 0.719. The van der Waals surface area contributed by atoms with Gasteiger partial charge in [0.2, 0.25) is 0 Å². The first-order valence-corrected chi connectivity index (χ1v) is 8.06. The minimum Gasteiger partial charge on any atom is -0.313 e. The molecule has 18 heavy (non-hydrogen) atoms. The summed E-state index contributed by atoms with van der Waals surface area (Å²) in [6.07, 6.45) is 5.32. The highest BCUT2D eigenvalue weighted by Crippen LogP contribution is 2.35. The molecule has 0 aliphatic heterocycles. The average molecular weight is 263 g/mol. The summed E-state index contributed by atoms with van der Waals surface area (Å²) in [5, 5.41) is 4.47. The molecule has 0 amide bonds. The van der Waals surface area contributed by atoms with Crippen LogP contribution in [0.25, 0.3) is 0 Å². The van der Waals surface area contributed by atoms with Crippen molar-refractivity contribution in [2.24, 2.45) is 0 Å². The molecule has 1 fully saturated rings. The molecule has 1 aromatic rings. The minimum absolute atomic E-state index is 0.719. The highest BCUT2D eigenvalue weighted by molar-refractivity contribution is 8.00. The molecule has 1 aliphatic rings. The zero-order valence-electron chi connectivity index (χ0n) is 11.8. The molecule has 1 aliphatic carbocycles. The van der Waals surface area contributed by atoms with Gasteiger partial charge in [-0.15, -0.1) is 11.8 Å². The number of hydrogen-bond acceptors (Lipinski definition) is 2. The molecule has 0 radical (unpaired) electrons. The molecule has 1 saturated carbocycles. The van der Waals surface area contributed by atoms with Gasteiger partial charge in [0.25, 0.3) is 0 Å². The molecule has 2 rings (SSSR count). The number of benzene rings is 1. The predicted octanol–water partition coefficient (Wildman–Crippen LogP) is 4.32. The van der Waals surface area contributed by atoms with Crippen LogP contribution in [0.4, 0.5) is 0 Å². The van der Waals surface area contributed by atoms with Crippen LogP contribution < -0.4 is 5.32 Å². The van der Waals surface area contributed by atoms with E-state index in [4.69, 9.17) is 0 Å². The van der Waals surface area contributed by atoms with Crippen molar-refractivity contribution in [3.05, 3.63) is 29.3 Å². The largest absolute Gasteiger partial charge is 0.313 e. The highest BCUT2D eigenvalue weighted by atomic mass is 32.2. The zero-order chi connectivity index (χ0) is 13.0. The Labute approximate surface area is 116 Å². The molecule has 1 aromatic carbocycles. The second-order valence-electron chi connectivity index (χ2n) is 5.39. The van der Waals surface area contributed by atoms with Crippen molar-refractivity contribution in [2.75, 3.05) is 6.54 Å². The van der Waals surface area contributed by atoms with Crippen molar-refractivity contribution in [1.29, 1.82) is 0 Å². The van der Waals surface area contributed by atoms with Crippen molar-refractivity contribution >= 4 is 11.8 Å². The molecule has 1 N–H and O–H groups in total. The topological polar surface area (TPSA) is 12.0 Å². The van der Waals surface area contributed by atoms with Crippen molar-refractivity contribution in [1.82, 2.24) is 5.32 Å². The molecule has 0 bridgehead atoms. The molecule has 2 heteroatoms. The molecule has 2 atom stereocenters. The van der Waals surface area contributed by atoms with E-state index < -0.39 is 0 Å². The van der Waals surface area contributed by atoms with E-state index in [-0.39, 0.29) is 0 Å². The van der Waals surface area contributed by atoms with Crippen molar-refractivity contribution in [2.45, 2.75) is 62.6 Å². The van der Waals surface area contributed by atoms with Crippen LogP contribution in [-0.4, -0.2) is 17.8 Å². The number of aryl methyl sites for hydroxylation is 2. The first-order valence-electron chi connectivity index (χ1n) is 7.18. The van der Waals surface area contributed by atoms with E-state index >= 15 is 0 Å². The Morgan fingerprint density at radius 3 is 2.78 bits per heavy atom. The van der Waals surface area contributed by atoms with Gasteiger partial charge in [0.05, 0.1) is 0 Å². The zero-order valence-corrected chi connectivity index (χ0v) is 12.6. The van der Waals surface area contributed by atoms with Gasteiger partial charge in [-0.25, -0.2) is 0 Å². The van der Waals surface area contributed by atoms with E-state index in [1.54, 1.807) is 0 Å². The molecule has 100 valence electrons. The third-order valence-electron chi connectivity index (χ3n) is 3.87. The predicted molar refractivity (Wildman–Crippen MR) is 81.5 cm³/mol. The van der Waals surface area contributed by atoms with Gasteiger partial charge in [-0.2, -0.15) is 0 Å². The van der Waals surface area contributed by atoms with E-state index in [1.165, 1.54) is 41.7 Å². The summed E-state index contributed by atoms with van der Waals surface area (Å²) in [6.45, 7) is 7.80. The lowest BCUT2D eigenvalue weighted by atomic mass is 10.1. The van der Waals surface area contributed by atoms with Crippen LogP contribution >= 0.6 is 11.8 Å². The van der Waals surface area contributed by atoms with E-state index in [9.17, 15) is 0 Å². The van der Waals surface area contributed by atoms with Crippen LogP contribution in [0.1, 0.15) is 43.7 Å². The molecule has 0 saturated heterocycles. The third kappa shape index (κ3) is 3.52. The first kappa shape index (κ1) is 14.0. The second-order valence-corrected chi connectivity index (χ2v) is 6.71. The maximum Gasteiger partial charge on any atom is 0.0248 e. The summed E-state index contributed by atoms with van der Waals surface area (Å²) in [5.41, 5.74) is 2.81. The molecule has 1 nitrogen and oxygen atoms in total. The van der Waals surface area contributed by atoms with Crippen LogP contribution in [0, 0.1) is 13.8 Å². The van der Waals surface area contributed by atoms with Gasteiger partial charge in [0.15, 0.2) is 0 Å². The van der Waals surface area contributed by atoms with Crippen molar-refractivity contribution in [3.8, 4) is 0 Å². The molecule has 0 heterocycles. The summed E-state index contributed by atoms with van der Waals surface area (Å²) in [5.74, 6) is 0. The lowest BCUT2D eigenvalue weighted by Crippen LogP contribution is -2.34. The first-order chi connectivity index (χ1) is 8.70. The Hall–Kier alpha value is -0.470. The van der Waals surface area contributed by atoms with Crippen molar-refractivity contribution in [3.63, 3.8) is 0 Å². The normalized spacial score (nSPS) is 23.5. The number of nitrogens with one attached hydrogen (secondary N) is 1. The van der Waals surface area contributed by atoms with Crippen LogP contribution in [0.3, 0.4) is 0 Å². The Morgan fingerprint density at radius 2 is 2.06 bits per heavy atom. The molecule has 0 spiro atoms. The van der Waals surface area contributed by atoms with Gasteiger partial charge >= 0.3 is 0 Å². The Balaban J connectivity index is 1.96. The average Bonchev–Trinajstić information content (AvgIpc) is 2.79. The monoisotopic (exact) mass is 263 g/mol. The molecular formula is C16H25NS. The molecular weight excluding hydrogens is 238 g/mol. The van der Waals surface area contributed by atoms with Gasteiger partial charge in [-0.1, -0.05) is 19.4 Å². The summed E-state index contributed by atoms with van der Waals surface area (Å²) in [4.78, 5) is 1.44. The lowest BCUT2D eigenvalue weighted by Gasteiger charge is -2.20. The standard InChI is InChI=1S/C16H25NS/c1-4-10-17-15-6-5-7-16(15)18-14-9-8-12(2)13(3)11-14/h8-9,11,15-17H,4-7,10H2,1-3H3. The van der Waals surface area contributed by atoms with E-state index in [0.29, 0.717) is 0 Å². The summed E-state index contributed by atoms with van der Waals surface area (Å²) >= 11 is 2.07. The SMILES string of the molecule is CCCNC1CCCC1Sc1ccc(C)c(C)c1. The van der Waals surface area contributed by atoms with Crippen molar-refractivity contribution < 1.29 is 0 Å². The highest BCUT2D eigenvalue weighted by Gasteiger charge is 2.27. The van der Waals surface area contributed by atoms with Gasteiger partial charge < -0.3 is 5.32 Å². The number of hydrogen-bond donors (Lipinski definition) is 1. The quantitative estimate of drug-likeness (QED) is 0.849. The van der Waals surface area contributed by atoms with Gasteiger partial charge in [0.1, 0.15) is 0 Å². The summed E-state index contributed by atoms with van der Waals surface area (Å²) < 4.78 is 0. The van der Waals surface area contributed by atoms with E-state index in [1.807, 2.05) is 0 Å². The van der Waals surface area contributed by atoms with E-state index in [0.717, 1.165) is 17.8 Å². The van der Waals surface area contributed by atoms with Crippen LogP contribution in [0.5, 0.6) is 0 Å². The van der Waals surface area contributed by atoms with Gasteiger partial charge in [0, 0.05) is 16.2 Å².